The topological polar surface area (TPSA) is 42.2 Å². The van der Waals surface area contributed by atoms with Gasteiger partial charge >= 0.3 is 5.97 Å². The Kier molecular flexibility index (Phi) is 2.65. The molecule has 0 fully saturated rings. The zero-order valence-electron chi connectivity index (χ0n) is 9.77. The lowest BCUT2D eigenvalue weighted by Crippen LogP contribution is -2.28. The molecular weight excluding hydrogens is 221 g/mol. The number of fused-ring (bicyclic) bond motifs is 1. The predicted octanol–water partition coefficient (Wildman–Crippen LogP) is 2.89. The number of carboxylic acids is 1. The van der Waals surface area contributed by atoms with Crippen LogP contribution in [0.1, 0.15) is 13.8 Å². The fourth-order valence-electron chi connectivity index (χ4n) is 1.79. The van der Waals surface area contributed by atoms with E-state index in [1.54, 1.807) is 30.7 Å². The molecule has 0 atom stereocenters. The molecule has 0 amide bonds. The predicted molar refractivity (Wildman–Crippen MR) is 63.3 cm³/mol. The highest BCUT2D eigenvalue weighted by atomic mass is 19.1. The smallest absolute Gasteiger partial charge is 0.310 e. The van der Waals surface area contributed by atoms with Crippen molar-refractivity contribution in [1.82, 2.24) is 4.57 Å². The Labute approximate surface area is 98.5 Å². The Balaban J connectivity index is 2.43. The van der Waals surface area contributed by atoms with Gasteiger partial charge in [0.15, 0.2) is 0 Å². The van der Waals surface area contributed by atoms with E-state index in [2.05, 4.69) is 0 Å². The minimum Gasteiger partial charge on any atom is -0.481 e. The van der Waals surface area contributed by atoms with Crippen LogP contribution in [0.3, 0.4) is 0 Å². The monoisotopic (exact) mass is 235 g/mol. The summed E-state index contributed by atoms with van der Waals surface area (Å²) >= 11 is 0. The molecule has 1 N–H and O–H groups in total. The molecule has 0 bridgehead atoms. The van der Waals surface area contributed by atoms with E-state index >= 15 is 0 Å². The number of rotatable bonds is 3. The van der Waals surface area contributed by atoms with E-state index in [1.165, 1.54) is 12.1 Å². The van der Waals surface area contributed by atoms with E-state index in [4.69, 9.17) is 5.11 Å². The second kappa shape index (κ2) is 3.87. The lowest BCUT2D eigenvalue weighted by Gasteiger charge is -2.20. The van der Waals surface area contributed by atoms with Crippen molar-refractivity contribution in [3.05, 3.63) is 36.3 Å². The van der Waals surface area contributed by atoms with Crippen molar-refractivity contribution in [1.29, 1.82) is 0 Å². The number of carbonyl (C=O) groups is 1. The van der Waals surface area contributed by atoms with E-state index in [1.807, 2.05) is 6.07 Å². The van der Waals surface area contributed by atoms with E-state index in [9.17, 15) is 9.18 Å². The molecule has 2 rings (SSSR count). The van der Waals surface area contributed by atoms with Crippen molar-refractivity contribution in [2.45, 2.75) is 20.4 Å². The number of hydrogen-bond acceptors (Lipinski definition) is 1. The number of hydrogen-bond donors (Lipinski definition) is 1. The quantitative estimate of drug-likeness (QED) is 0.888. The molecule has 90 valence electrons. The van der Waals surface area contributed by atoms with Crippen molar-refractivity contribution in [2.24, 2.45) is 5.41 Å². The maximum atomic E-state index is 13.2. The Morgan fingerprint density at radius 2 is 2.12 bits per heavy atom. The summed E-state index contributed by atoms with van der Waals surface area (Å²) in [7, 11) is 0. The van der Waals surface area contributed by atoms with E-state index in [0.717, 1.165) is 10.9 Å². The zero-order valence-corrected chi connectivity index (χ0v) is 9.77. The summed E-state index contributed by atoms with van der Waals surface area (Å²) in [5, 5.41) is 9.99. The molecule has 2 aromatic rings. The fraction of sp³-hybridized carbons (Fsp3) is 0.308. The molecule has 0 saturated heterocycles. The van der Waals surface area contributed by atoms with Gasteiger partial charge in [0.1, 0.15) is 5.82 Å². The Bertz CT molecular complexity index is 572. The molecule has 0 radical (unpaired) electrons. The van der Waals surface area contributed by atoms with E-state index in [0.29, 0.717) is 6.54 Å². The van der Waals surface area contributed by atoms with E-state index < -0.39 is 11.4 Å². The number of halogens is 1. The van der Waals surface area contributed by atoms with Gasteiger partial charge in [0, 0.05) is 12.7 Å². The summed E-state index contributed by atoms with van der Waals surface area (Å²) in [6.07, 6.45) is 1.79. The molecular formula is C13H14FNO2. The highest BCUT2D eigenvalue weighted by Gasteiger charge is 2.27. The number of aliphatic carboxylic acids is 1. The van der Waals surface area contributed by atoms with Crippen LogP contribution in [-0.2, 0) is 11.3 Å². The molecule has 0 aliphatic rings. The van der Waals surface area contributed by atoms with Gasteiger partial charge in [0.2, 0.25) is 0 Å². The zero-order chi connectivity index (χ0) is 12.6. The molecule has 0 aliphatic carbocycles. The number of benzene rings is 1. The van der Waals surface area contributed by atoms with E-state index in [-0.39, 0.29) is 5.82 Å². The van der Waals surface area contributed by atoms with Gasteiger partial charge in [0.25, 0.3) is 0 Å². The summed E-state index contributed by atoms with van der Waals surface area (Å²) in [5.41, 5.74) is -0.155. The molecule has 0 aliphatic heterocycles. The van der Waals surface area contributed by atoms with Gasteiger partial charge in [-0.1, -0.05) is 0 Å². The summed E-state index contributed by atoms with van der Waals surface area (Å²) in [5.74, 6) is -1.18. The highest BCUT2D eigenvalue weighted by Crippen LogP contribution is 2.23. The largest absolute Gasteiger partial charge is 0.481 e. The summed E-state index contributed by atoms with van der Waals surface area (Å²) < 4.78 is 14.9. The van der Waals surface area contributed by atoms with Crippen molar-refractivity contribution in [2.75, 3.05) is 0 Å². The van der Waals surface area contributed by atoms with Crippen LogP contribution in [0.25, 0.3) is 10.9 Å². The number of aromatic nitrogens is 1. The normalized spacial score (nSPS) is 11.9. The van der Waals surface area contributed by atoms with Crippen LogP contribution >= 0.6 is 0 Å². The van der Waals surface area contributed by atoms with Gasteiger partial charge in [-0.05, 0) is 43.5 Å². The molecule has 1 aromatic carbocycles. The van der Waals surface area contributed by atoms with Crippen molar-refractivity contribution >= 4 is 16.9 Å². The molecule has 1 heterocycles. The van der Waals surface area contributed by atoms with Crippen LogP contribution in [-0.4, -0.2) is 15.6 Å². The highest BCUT2D eigenvalue weighted by molar-refractivity contribution is 5.80. The van der Waals surface area contributed by atoms with Crippen molar-refractivity contribution < 1.29 is 14.3 Å². The van der Waals surface area contributed by atoms with Gasteiger partial charge in [-0.25, -0.2) is 4.39 Å². The number of nitrogens with zero attached hydrogens (tertiary/aromatic N) is 1. The molecule has 4 heteroatoms. The summed E-state index contributed by atoms with van der Waals surface area (Å²) in [6.45, 7) is 3.62. The van der Waals surface area contributed by atoms with Crippen LogP contribution in [0.2, 0.25) is 0 Å². The van der Waals surface area contributed by atoms with Gasteiger partial charge in [-0.2, -0.15) is 0 Å². The van der Waals surface area contributed by atoms with Crippen LogP contribution in [0.5, 0.6) is 0 Å². The SMILES string of the molecule is CC(C)(Cn1ccc2ccc(F)cc21)C(=O)O. The van der Waals surface area contributed by atoms with Crippen LogP contribution in [0.4, 0.5) is 4.39 Å². The summed E-state index contributed by atoms with van der Waals surface area (Å²) in [4.78, 5) is 11.1. The minimum atomic E-state index is -0.877. The van der Waals surface area contributed by atoms with Crippen LogP contribution < -0.4 is 0 Å². The first kappa shape index (κ1) is 11.6. The molecule has 1 aromatic heterocycles. The third-order valence-corrected chi connectivity index (χ3v) is 2.88. The first-order valence-corrected chi connectivity index (χ1v) is 5.38. The standard InChI is InChI=1S/C13H14FNO2/c1-13(2,12(16)17)8-15-6-5-9-3-4-10(14)7-11(9)15/h3-7H,8H2,1-2H3,(H,16,17). The van der Waals surface area contributed by atoms with Gasteiger partial charge < -0.3 is 9.67 Å². The van der Waals surface area contributed by atoms with Crippen LogP contribution in [0.15, 0.2) is 30.5 Å². The molecule has 3 nitrogen and oxygen atoms in total. The van der Waals surface area contributed by atoms with Gasteiger partial charge in [-0.3, -0.25) is 4.79 Å². The van der Waals surface area contributed by atoms with Gasteiger partial charge in [-0.15, -0.1) is 0 Å². The average molecular weight is 235 g/mol. The maximum Gasteiger partial charge on any atom is 0.310 e. The first-order chi connectivity index (χ1) is 7.90. The first-order valence-electron chi connectivity index (χ1n) is 5.38. The molecule has 0 spiro atoms. The Morgan fingerprint density at radius 1 is 1.41 bits per heavy atom. The minimum absolute atomic E-state index is 0.314. The Hall–Kier alpha value is -1.84. The summed E-state index contributed by atoms with van der Waals surface area (Å²) in [6, 6.07) is 6.36. The second-order valence-corrected chi connectivity index (χ2v) is 4.84. The molecule has 0 unspecified atom stereocenters. The third-order valence-electron chi connectivity index (χ3n) is 2.88. The Morgan fingerprint density at radius 3 is 2.76 bits per heavy atom. The lowest BCUT2D eigenvalue weighted by molar-refractivity contribution is -0.147. The lowest BCUT2D eigenvalue weighted by atomic mass is 9.94. The average Bonchev–Trinajstić information content (AvgIpc) is 2.60. The fourth-order valence-corrected chi connectivity index (χ4v) is 1.79. The third kappa shape index (κ3) is 2.16. The number of carboxylic acid groups (broad SMARTS) is 1. The maximum absolute atomic E-state index is 13.2. The van der Waals surface area contributed by atoms with Gasteiger partial charge in [0.05, 0.1) is 10.9 Å². The van der Waals surface area contributed by atoms with Crippen LogP contribution in [0, 0.1) is 11.2 Å². The second-order valence-electron chi connectivity index (χ2n) is 4.84. The van der Waals surface area contributed by atoms with Crippen molar-refractivity contribution in [3.63, 3.8) is 0 Å². The molecule has 17 heavy (non-hydrogen) atoms. The molecule has 0 saturated carbocycles. The van der Waals surface area contributed by atoms with Crippen molar-refractivity contribution in [3.8, 4) is 0 Å².